The van der Waals surface area contributed by atoms with Crippen molar-refractivity contribution >= 4 is 15.8 Å². The Morgan fingerprint density at radius 2 is 0.339 bits per heavy atom. The SMILES string of the molecule is C1CCC([PH+](C2CCCCC2)C2CCCCC2)CC1.C1CCC([PH+](C2CCCCC2)C2CCCCC2)CC1.CC(O)O.CC(O)O.CC(O)O.CC(O)O.[Hg].[Hg]. The van der Waals surface area contributed by atoms with E-state index in [2.05, 4.69) is 0 Å². The van der Waals surface area contributed by atoms with Crippen molar-refractivity contribution in [1.82, 2.24) is 0 Å². The summed E-state index contributed by atoms with van der Waals surface area (Å²) in [6.07, 6.45) is 42.9. The maximum atomic E-state index is 7.61. The Kier molecular flexibility index (Phi) is 42.2. The van der Waals surface area contributed by atoms with E-state index in [9.17, 15) is 0 Å². The summed E-state index contributed by atoms with van der Waals surface area (Å²) in [6, 6.07) is 0. The molecule has 0 unspecified atom stereocenters. The minimum absolute atomic E-state index is 0. The van der Waals surface area contributed by atoms with E-state index < -0.39 is 25.2 Å². The predicted octanol–water partition coefficient (Wildman–Crippen LogP) is 9.66. The molecule has 6 saturated carbocycles. The molecule has 8 nitrogen and oxygen atoms in total. The van der Waals surface area contributed by atoms with Gasteiger partial charge in [-0.05, 0) is 182 Å². The molecule has 0 saturated heterocycles. The molecule has 8 N–H and O–H groups in total. The molecule has 6 aliphatic carbocycles. The molecular formula is C44H92Hg2O8P2+2. The fraction of sp³-hybridized carbons (Fsp3) is 1.00. The van der Waals surface area contributed by atoms with Crippen LogP contribution in [0.4, 0.5) is 0 Å². The van der Waals surface area contributed by atoms with Crippen LogP contribution in [0.3, 0.4) is 0 Å². The summed E-state index contributed by atoms with van der Waals surface area (Å²) in [5.41, 5.74) is 7.36. The van der Waals surface area contributed by atoms with Crippen LogP contribution in [-0.2, 0) is 55.3 Å². The van der Waals surface area contributed by atoms with E-state index in [4.69, 9.17) is 40.9 Å². The zero-order chi connectivity index (χ0) is 40.1. The van der Waals surface area contributed by atoms with E-state index in [0.717, 1.165) is 0 Å². The van der Waals surface area contributed by atoms with E-state index >= 15 is 0 Å². The molecular weight excluding hydrogens is 1120 g/mol. The molecule has 0 aromatic heterocycles. The number of hydrogen-bond acceptors (Lipinski definition) is 8. The molecule has 0 bridgehead atoms. The molecule has 6 aliphatic rings. The summed E-state index contributed by atoms with van der Waals surface area (Å²) in [6.45, 7) is 5.11. The van der Waals surface area contributed by atoms with Gasteiger partial charge in [-0.2, -0.15) is 0 Å². The van der Waals surface area contributed by atoms with Crippen LogP contribution in [0.1, 0.15) is 220 Å². The van der Waals surface area contributed by atoms with Gasteiger partial charge in [-0.1, -0.05) is 38.5 Å². The third kappa shape index (κ3) is 31.3. The van der Waals surface area contributed by atoms with Gasteiger partial charge in [-0.15, -0.1) is 0 Å². The first-order chi connectivity index (χ1) is 25.8. The van der Waals surface area contributed by atoms with Crippen molar-refractivity contribution in [2.45, 2.75) is 279 Å². The van der Waals surface area contributed by atoms with E-state index in [1.54, 1.807) is 193 Å². The van der Waals surface area contributed by atoms with Crippen molar-refractivity contribution < 1.29 is 96.2 Å². The van der Waals surface area contributed by atoms with Gasteiger partial charge in [0.25, 0.3) is 0 Å². The van der Waals surface area contributed by atoms with Gasteiger partial charge in [0.2, 0.25) is 0 Å². The van der Waals surface area contributed by atoms with E-state index in [1.165, 1.54) is 61.6 Å². The summed E-state index contributed by atoms with van der Waals surface area (Å²) < 4.78 is 0. The van der Waals surface area contributed by atoms with E-state index in [-0.39, 0.29) is 71.2 Å². The van der Waals surface area contributed by atoms with Gasteiger partial charge in [0.05, 0.1) is 34.0 Å². The Morgan fingerprint density at radius 1 is 0.250 bits per heavy atom. The van der Waals surface area contributed by atoms with Crippen LogP contribution in [0, 0.1) is 0 Å². The van der Waals surface area contributed by atoms with Gasteiger partial charge < -0.3 is 40.9 Å². The molecule has 12 heteroatoms. The second-order valence-electron chi connectivity index (χ2n) is 17.5. The molecule has 0 heterocycles. The van der Waals surface area contributed by atoms with Crippen LogP contribution < -0.4 is 0 Å². The van der Waals surface area contributed by atoms with Crippen molar-refractivity contribution in [2.24, 2.45) is 0 Å². The summed E-state index contributed by atoms with van der Waals surface area (Å²) in [5, 5.41) is 60.9. The largest absolute Gasteiger partial charge is 0.368 e. The standard InChI is InChI=1S/2C18H33P.4C2H6O2.2Hg/c2*1-4-10-16(11-5-1)19(17-12-6-2-7-13-17)18-14-8-3-9-15-18;4*1-2(3)4;;/h2*16-18H,1-15H2;4*2-4H,1H3;;/p+2. The third-order valence-electron chi connectivity index (χ3n) is 12.5. The fourth-order valence-corrected chi connectivity index (χ4v) is 21.1. The average Bonchev–Trinajstić information content (AvgIpc) is 3.14. The second kappa shape index (κ2) is 39.0. The number of aliphatic hydroxyl groups excluding tert-OH is 4. The maximum Gasteiger partial charge on any atom is 0.148 e. The second-order valence-corrected chi connectivity index (χ2v) is 24.4. The van der Waals surface area contributed by atoms with Crippen LogP contribution in [-0.4, -0.2) is 100.0 Å². The Hall–Kier alpha value is 2.41. The first kappa shape index (κ1) is 60.5. The molecule has 328 valence electrons. The van der Waals surface area contributed by atoms with Crippen LogP contribution in [0.15, 0.2) is 0 Å². The van der Waals surface area contributed by atoms with Gasteiger partial charge in [-0.3, -0.25) is 0 Å². The Balaban J connectivity index is 0. The zero-order valence-corrected chi connectivity index (χ0v) is 50.0. The van der Waals surface area contributed by atoms with E-state index in [1.807, 2.05) is 0 Å². The van der Waals surface area contributed by atoms with Crippen LogP contribution in [0.2, 0.25) is 0 Å². The summed E-state index contributed by atoms with van der Waals surface area (Å²) in [5.74, 6) is 0. The smallest absolute Gasteiger partial charge is 0.148 e. The molecule has 0 atom stereocenters. The fourth-order valence-electron chi connectivity index (χ4n) is 10.6. The Morgan fingerprint density at radius 3 is 0.429 bits per heavy atom. The molecule has 6 fully saturated rings. The van der Waals surface area contributed by atoms with Crippen molar-refractivity contribution in [3.05, 3.63) is 0 Å². The third-order valence-corrected chi connectivity index (χ3v) is 21.6. The van der Waals surface area contributed by atoms with Gasteiger partial charge in [-0.25, -0.2) is 0 Å². The van der Waals surface area contributed by atoms with Gasteiger partial charge in [0.1, 0.15) is 25.2 Å². The van der Waals surface area contributed by atoms with Crippen LogP contribution >= 0.6 is 15.8 Å². The normalized spacial score (nSPS) is 22.2. The van der Waals surface area contributed by atoms with Crippen LogP contribution in [0.5, 0.6) is 0 Å². The number of aliphatic hydroxyl groups is 8. The molecule has 0 radical (unpaired) electrons. The van der Waals surface area contributed by atoms with Gasteiger partial charge >= 0.3 is 0 Å². The van der Waals surface area contributed by atoms with Crippen LogP contribution in [0.25, 0.3) is 0 Å². The number of hydrogen-bond donors (Lipinski definition) is 8. The summed E-state index contributed by atoms with van der Waals surface area (Å²) in [7, 11) is -0.0930. The first-order valence-electron chi connectivity index (χ1n) is 23.0. The molecule has 0 aromatic rings. The Labute approximate surface area is 388 Å². The van der Waals surface area contributed by atoms with Gasteiger partial charge in [0.15, 0.2) is 0 Å². The predicted molar refractivity (Wildman–Crippen MR) is 233 cm³/mol. The molecule has 0 amide bonds. The Bertz CT molecular complexity index is 636. The molecule has 0 aromatic carbocycles. The van der Waals surface area contributed by atoms with Crippen molar-refractivity contribution in [1.29, 1.82) is 0 Å². The van der Waals surface area contributed by atoms with Crippen molar-refractivity contribution in [2.75, 3.05) is 0 Å². The topological polar surface area (TPSA) is 162 Å². The van der Waals surface area contributed by atoms with E-state index in [0.29, 0.717) is 0 Å². The molecule has 6 rings (SSSR count). The van der Waals surface area contributed by atoms with Crippen molar-refractivity contribution in [3.8, 4) is 0 Å². The first-order valence-corrected chi connectivity index (χ1v) is 26.5. The van der Waals surface area contributed by atoms with Crippen molar-refractivity contribution in [3.63, 3.8) is 0 Å². The zero-order valence-electron chi connectivity index (χ0n) is 37.0. The quantitative estimate of drug-likeness (QED) is 0.0742. The number of rotatable bonds is 6. The van der Waals surface area contributed by atoms with Gasteiger partial charge in [0, 0.05) is 71.2 Å². The average molecular weight is 1210 g/mol. The maximum absolute atomic E-state index is 7.61. The molecule has 0 spiro atoms. The summed E-state index contributed by atoms with van der Waals surface area (Å²) >= 11 is 0. The summed E-state index contributed by atoms with van der Waals surface area (Å²) in [4.78, 5) is 0. The molecule has 0 aliphatic heterocycles. The monoisotopic (exact) mass is 1210 g/mol. The minimum atomic E-state index is -1.17. The molecule has 56 heavy (non-hydrogen) atoms. The minimum Gasteiger partial charge on any atom is -0.368 e.